The number of allylic oxidation sites excluding steroid dienone is 2. The Labute approximate surface area is 150 Å². The van der Waals surface area contributed by atoms with E-state index in [0.717, 1.165) is 35.4 Å². The van der Waals surface area contributed by atoms with Crippen molar-refractivity contribution in [3.05, 3.63) is 41.1 Å². The summed E-state index contributed by atoms with van der Waals surface area (Å²) in [6.07, 6.45) is 4.25. The van der Waals surface area contributed by atoms with Crippen molar-refractivity contribution in [2.45, 2.75) is 37.4 Å². The van der Waals surface area contributed by atoms with Crippen LogP contribution < -0.4 is 10.1 Å². The van der Waals surface area contributed by atoms with E-state index in [1.165, 1.54) is 11.8 Å². The third-order valence-electron chi connectivity index (χ3n) is 4.54. The molecule has 0 bridgehead atoms. The van der Waals surface area contributed by atoms with Crippen LogP contribution in [-0.2, 0) is 4.79 Å². The quantitative estimate of drug-likeness (QED) is 0.847. The zero-order chi connectivity index (χ0) is 17.4. The largest absolute Gasteiger partial charge is 0.494 e. The van der Waals surface area contributed by atoms with Gasteiger partial charge in [-0.15, -0.1) is 5.10 Å². The van der Waals surface area contributed by atoms with Crippen molar-refractivity contribution in [3.8, 4) is 5.75 Å². The van der Waals surface area contributed by atoms with Crippen molar-refractivity contribution in [2.24, 2.45) is 0 Å². The highest BCUT2D eigenvalue weighted by molar-refractivity contribution is 7.98. The molecular formula is C18H20N4O2S. The lowest BCUT2D eigenvalue weighted by Gasteiger charge is -2.32. The molecule has 0 amide bonds. The molecule has 1 aromatic carbocycles. The summed E-state index contributed by atoms with van der Waals surface area (Å²) in [7, 11) is 0. The van der Waals surface area contributed by atoms with Gasteiger partial charge in [-0.25, -0.2) is 4.68 Å². The second-order valence-corrected chi connectivity index (χ2v) is 6.81. The lowest BCUT2D eigenvalue weighted by molar-refractivity contribution is -0.116. The van der Waals surface area contributed by atoms with Crippen LogP contribution in [0.1, 0.15) is 37.8 Å². The summed E-state index contributed by atoms with van der Waals surface area (Å²) in [4.78, 5) is 17.3. The predicted octanol–water partition coefficient (Wildman–Crippen LogP) is 3.42. The van der Waals surface area contributed by atoms with Crippen molar-refractivity contribution >= 4 is 23.5 Å². The molecule has 1 aliphatic carbocycles. The predicted molar refractivity (Wildman–Crippen MR) is 97.1 cm³/mol. The molecule has 2 heterocycles. The van der Waals surface area contributed by atoms with Gasteiger partial charge < -0.3 is 10.1 Å². The molecule has 1 aromatic heterocycles. The van der Waals surface area contributed by atoms with Gasteiger partial charge in [0.1, 0.15) is 11.8 Å². The van der Waals surface area contributed by atoms with Gasteiger partial charge in [-0.2, -0.15) is 4.98 Å². The van der Waals surface area contributed by atoms with Crippen LogP contribution in [0.5, 0.6) is 5.75 Å². The lowest BCUT2D eigenvalue weighted by atomic mass is 9.85. The van der Waals surface area contributed by atoms with Crippen LogP contribution in [0.4, 0.5) is 5.95 Å². The molecule has 4 rings (SSSR count). The number of carbonyl (C=O) groups is 1. The average Bonchev–Trinajstić information content (AvgIpc) is 3.04. The number of nitrogens with one attached hydrogen (secondary N) is 1. The first kappa shape index (κ1) is 16.2. The average molecular weight is 356 g/mol. The van der Waals surface area contributed by atoms with E-state index in [1.807, 2.05) is 42.1 Å². The van der Waals surface area contributed by atoms with Gasteiger partial charge >= 0.3 is 0 Å². The molecule has 0 radical (unpaired) electrons. The van der Waals surface area contributed by atoms with Crippen LogP contribution in [0.2, 0.25) is 0 Å². The zero-order valence-electron chi connectivity index (χ0n) is 14.3. The van der Waals surface area contributed by atoms with Crippen molar-refractivity contribution in [2.75, 3.05) is 18.2 Å². The SMILES string of the molecule is CCOc1ccccc1[C@H]1C2=C(CCCC2=O)Nc2nc(SC)nn21. The van der Waals surface area contributed by atoms with E-state index in [9.17, 15) is 4.79 Å². The maximum atomic E-state index is 12.8. The minimum absolute atomic E-state index is 0.178. The number of fused-ring (bicyclic) bond motifs is 1. The monoisotopic (exact) mass is 356 g/mol. The van der Waals surface area contributed by atoms with Gasteiger partial charge in [0.05, 0.1) is 6.61 Å². The third kappa shape index (κ3) is 2.72. The second kappa shape index (κ2) is 6.55. The van der Waals surface area contributed by atoms with Crippen LogP contribution in [0.3, 0.4) is 0 Å². The van der Waals surface area contributed by atoms with Crippen LogP contribution >= 0.6 is 11.8 Å². The minimum atomic E-state index is -0.296. The first-order valence-electron chi connectivity index (χ1n) is 8.48. The summed E-state index contributed by atoms with van der Waals surface area (Å²) in [5, 5.41) is 8.64. The summed E-state index contributed by atoms with van der Waals surface area (Å²) in [5.74, 6) is 1.65. The number of hydrogen-bond donors (Lipinski definition) is 1. The summed E-state index contributed by atoms with van der Waals surface area (Å²) in [6.45, 7) is 2.53. The van der Waals surface area contributed by atoms with Crippen LogP contribution in [0.25, 0.3) is 0 Å². The lowest BCUT2D eigenvalue weighted by Crippen LogP contribution is -2.31. The van der Waals surface area contributed by atoms with E-state index in [4.69, 9.17) is 4.74 Å². The summed E-state index contributed by atoms with van der Waals surface area (Å²) >= 11 is 1.49. The Morgan fingerprint density at radius 3 is 3.00 bits per heavy atom. The zero-order valence-corrected chi connectivity index (χ0v) is 15.1. The number of carbonyl (C=O) groups excluding carboxylic acids is 1. The molecule has 1 N–H and O–H groups in total. The fourth-order valence-electron chi connectivity index (χ4n) is 3.50. The smallest absolute Gasteiger partial charge is 0.227 e. The van der Waals surface area contributed by atoms with Gasteiger partial charge in [0.25, 0.3) is 0 Å². The number of anilines is 1. The molecule has 0 saturated heterocycles. The fraction of sp³-hybridized carbons (Fsp3) is 0.389. The molecule has 0 spiro atoms. The molecule has 1 aliphatic heterocycles. The Morgan fingerprint density at radius 2 is 2.20 bits per heavy atom. The number of benzene rings is 1. The Hall–Kier alpha value is -2.28. The van der Waals surface area contributed by atoms with E-state index < -0.39 is 0 Å². The number of thioether (sulfide) groups is 1. The minimum Gasteiger partial charge on any atom is -0.494 e. The van der Waals surface area contributed by atoms with Crippen LogP contribution in [0.15, 0.2) is 40.7 Å². The van der Waals surface area contributed by atoms with Gasteiger partial charge in [0.2, 0.25) is 11.1 Å². The highest BCUT2D eigenvalue weighted by atomic mass is 32.2. The maximum absolute atomic E-state index is 12.8. The molecule has 2 aromatic rings. The van der Waals surface area contributed by atoms with Gasteiger partial charge in [-0.3, -0.25) is 4.79 Å². The van der Waals surface area contributed by atoms with E-state index in [1.54, 1.807) is 0 Å². The Kier molecular flexibility index (Phi) is 4.25. The maximum Gasteiger partial charge on any atom is 0.227 e. The number of hydrogen-bond acceptors (Lipinski definition) is 6. The Balaban J connectivity index is 1.92. The van der Waals surface area contributed by atoms with Gasteiger partial charge in [0, 0.05) is 23.3 Å². The third-order valence-corrected chi connectivity index (χ3v) is 5.08. The molecule has 2 aliphatic rings. The number of para-hydroxylation sites is 1. The highest BCUT2D eigenvalue weighted by Crippen LogP contribution is 2.42. The van der Waals surface area contributed by atoms with Crippen molar-refractivity contribution in [3.63, 3.8) is 0 Å². The van der Waals surface area contributed by atoms with Crippen molar-refractivity contribution in [1.82, 2.24) is 14.8 Å². The van der Waals surface area contributed by atoms with Crippen LogP contribution in [-0.4, -0.2) is 33.4 Å². The Bertz CT molecular complexity index is 859. The molecule has 1 atom stereocenters. The fourth-order valence-corrected chi connectivity index (χ4v) is 3.85. The van der Waals surface area contributed by atoms with E-state index in [-0.39, 0.29) is 11.8 Å². The molecule has 0 saturated carbocycles. The molecule has 25 heavy (non-hydrogen) atoms. The normalized spacial score (nSPS) is 19.3. The van der Waals surface area contributed by atoms with Crippen LogP contribution in [0, 0.1) is 0 Å². The summed E-state index contributed by atoms with van der Waals surface area (Å²) in [5.41, 5.74) is 2.72. The molecule has 7 heteroatoms. The second-order valence-electron chi connectivity index (χ2n) is 6.03. The Morgan fingerprint density at radius 1 is 1.36 bits per heavy atom. The van der Waals surface area contributed by atoms with Gasteiger partial charge in [-0.1, -0.05) is 30.0 Å². The van der Waals surface area contributed by atoms with Gasteiger partial charge in [0.15, 0.2) is 5.78 Å². The standard InChI is InChI=1S/C18H20N4O2S/c1-3-24-14-10-5-4-7-11(14)16-15-12(8-6-9-13(15)23)19-17-20-18(25-2)21-22(16)17/h4-5,7,10,16H,3,6,8-9H2,1-2H3,(H,19,20,21)/t16-/m0/s1. The highest BCUT2D eigenvalue weighted by Gasteiger charge is 2.37. The van der Waals surface area contributed by atoms with E-state index >= 15 is 0 Å². The topological polar surface area (TPSA) is 69.0 Å². The van der Waals surface area contributed by atoms with E-state index in [2.05, 4.69) is 15.4 Å². The number of Topliss-reactive ketones (excluding diaryl/α,β-unsaturated/α-hetero) is 1. The molecule has 130 valence electrons. The summed E-state index contributed by atoms with van der Waals surface area (Å²) < 4.78 is 7.66. The number of ether oxygens (including phenoxy) is 1. The van der Waals surface area contributed by atoms with E-state index in [0.29, 0.717) is 24.1 Å². The molecular weight excluding hydrogens is 336 g/mol. The number of aromatic nitrogens is 3. The number of rotatable bonds is 4. The van der Waals surface area contributed by atoms with Crippen molar-refractivity contribution in [1.29, 1.82) is 0 Å². The summed E-state index contributed by atoms with van der Waals surface area (Å²) in [6, 6.07) is 7.58. The number of nitrogens with zero attached hydrogens (tertiary/aromatic N) is 3. The van der Waals surface area contributed by atoms with Gasteiger partial charge in [-0.05, 0) is 32.1 Å². The molecule has 6 nitrogen and oxygen atoms in total. The first-order valence-corrected chi connectivity index (χ1v) is 9.71. The number of ketones is 1. The molecule has 0 unspecified atom stereocenters. The molecule has 0 fully saturated rings. The first-order chi connectivity index (χ1) is 12.2. The van der Waals surface area contributed by atoms with Crippen molar-refractivity contribution < 1.29 is 9.53 Å².